The van der Waals surface area contributed by atoms with Crippen molar-refractivity contribution in [3.8, 4) is 0 Å². The van der Waals surface area contributed by atoms with Crippen molar-refractivity contribution < 1.29 is 13.2 Å². The van der Waals surface area contributed by atoms with Crippen LogP contribution >= 0.6 is 0 Å². The number of nitrogens with two attached hydrogens (primary N) is 1. The largest absolute Gasteiger partial charge is 0.433 e. The van der Waals surface area contributed by atoms with Gasteiger partial charge in [0.2, 0.25) is 0 Å². The first-order chi connectivity index (χ1) is 7.38. The highest BCUT2D eigenvalue weighted by Gasteiger charge is 2.33. The van der Waals surface area contributed by atoms with E-state index in [0.29, 0.717) is 6.07 Å². The highest BCUT2D eigenvalue weighted by molar-refractivity contribution is 5.98. The molecule has 0 radical (unpaired) electrons. The van der Waals surface area contributed by atoms with Crippen molar-refractivity contribution in [3.63, 3.8) is 0 Å². The molecular formula is C8H8F3N5. The maximum atomic E-state index is 12.4. The fraction of sp³-hybridized carbons (Fsp3) is 0.250. The van der Waals surface area contributed by atoms with Crippen LogP contribution in [-0.4, -0.2) is 29.6 Å². The fourth-order valence-electron chi connectivity index (χ4n) is 0.953. The molecule has 0 aliphatic heterocycles. The molecule has 0 amide bonds. The number of rotatable bonds is 1. The number of anilines is 1. The van der Waals surface area contributed by atoms with E-state index in [0.717, 1.165) is 0 Å². The van der Waals surface area contributed by atoms with Gasteiger partial charge in [0.1, 0.15) is 5.82 Å². The number of hydrogen-bond acceptors (Lipinski definition) is 4. The molecule has 0 aliphatic carbocycles. The Morgan fingerprint density at radius 3 is 2.50 bits per heavy atom. The Labute approximate surface area is 89.0 Å². The van der Waals surface area contributed by atoms with Gasteiger partial charge in [0.05, 0.1) is 0 Å². The molecule has 16 heavy (non-hydrogen) atoms. The van der Waals surface area contributed by atoms with Crippen LogP contribution in [0.2, 0.25) is 0 Å². The van der Waals surface area contributed by atoms with E-state index in [1.54, 1.807) is 0 Å². The van der Waals surface area contributed by atoms with Gasteiger partial charge in [0.15, 0.2) is 17.4 Å². The van der Waals surface area contributed by atoms with E-state index in [1.807, 2.05) is 0 Å². The second-order valence-corrected chi connectivity index (χ2v) is 2.70. The number of nitrogens with zero attached hydrogens (tertiary/aromatic N) is 4. The van der Waals surface area contributed by atoms with Crippen LogP contribution in [0.1, 0.15) is 11.5 Å². The highest BCUT2D eigenvalue weighted by atomic mass is 19.4. The van der Waals surface area contributed by atoms with Crippen molar-refractivity contribution in [2.45, 2.75) is 6.18 Å². The van der Waals surface area contributed by atoms with Crippen LogP contribution in [0.3, 0.4) is 0 Å². The zero-order valence-corrected chi connectivity index (χ0v) is 8.28. The van der Waals surface area contributed by atoms with Crippen LogP contribution in [0.5, 0.6) is 0 Å². The molecule has 0 fully saturated rings. The van der Waals surface area contributed by atoms with Gasteiger partial charge in [-0.25, -0.2) is 15.0 Å². The Morgan fingerprint density at radius 1 is 1.44 bits per heavy atom. The summed E-state index contributed by atoms with van der Waals surface area (Å²) in [6, 6.07) is 0.639. The number of aromatic nitrogens is 2. The smallest absolute Gasteiger partial charge is 0.384 e. The summed E-state index contributed by atoms with van der Waals surface area (Å²) in [6.45, 7) is 3.15. The highest BCUT2D eigenvalue weighted by Crippen LogP contribution is 2.28. The second kappa shape index (κ2) is 4.25. The maximum absolute atomic E-state index is 12.4. The molecule has 1 aromatic heterocycles. The molecule has 0 unspecified atom stereocenters. The number of amidine groups is 1. The lowest BCUT2D eigenvalue weighted by Gasteiger charge is -2.07. The molecule has 1 rings (SSSR count). The standard InChI is InChI=1S/C8H8F3N5/c1-13-6(14-2)7-15-4(8(9,10)11)3-5(12)16-7/h3H,1H2,2H3,(H2,12,15,16)/b14-6-. The lowest BCUT2D eigenvalue weighted by atomic mass is 10.3. The van der Waals surface area contributed by atoms with Gasteiger partial charge in [-0.3, -0.25) is 4.99 Å². The van der Waals surface area contributed by atoms with E-state index in [2.05, 4.69) is 26.7 Å². The van der Waals surface area contributed by atoms with Gasteiger partial charge in [0.25, 0.3) is 0 Å². The Morgan fingerprint density at radius 2 is 2.06 bits per heavy atom. The summed E-state index contributed by atoms with van der Waals surface area (Å²) >= 11 is 0. The molecule has 1 heterocycles. The number of hydrogen-bond donors (Lipinski definition) is 1. The molecule has 0 atom stereocenters. The van der Waals surface area contributed by atoms with Crippen molar-refractivity contribution in [3.05, 3.63) is 17.6 Å². The third-order valence-corrected chi connectivity index (χ3v) is 1.60. The van der Waals surface area contributed by atoms with Crippen molar-refractivity contribution in [1.82, 2.24) is 9.97 Å². The topological polar surface area (TPSA) is 76.5 Å². The van der Waals surface area contributed by atoms with Gasteiger partial charge in [-0.15, -0.1) is 0 Å². The molecule has 0 aliphatic rings. The third-order valence-electron chi connectivity index (χ3n) is 1.60. The second-order valence-electron chi connectivity index (χ2n) is 2.70. The average molecular weight is 231 g/mol. The van der Waals surface area contributed by atoms with E-state index in [-0.39, 0.29) is 17.5 Å². The van der Waals surface area contributed by atoms with Gasteiger partial charge in [-0.1, -0.05) is 0 Å². The summed E-state index contributed by atoms with van der Waals surface area (Å²) in [7, 11) is 1.34. The van der Waals surface area contributed by atoms with Gasteiger partial charge in [-0.05, 0) is 6.72 Å². The fourth-order valence-corrected chi connectivity index (χ4v) is 0.953. The Kier molecular flexibility index (Phi) is 3.21. The minimum Gasteiger partial charge on any atom is -0.384 e. The van der Waals surface area contributed by atoms with Gasteiger partial charge >= 0.3 is 6.18 Å². The lowest BCUT2D eigenvalue weighted by molar-refractivity contribution is -0.141. The monoisotopic (exact) mass is 231 g/mol. The summed E-state index contributed by atoms with van der Waals surface area (Å²) in [6.07, 6.45) is -4.59. The van der Waals surface area contributed by atoms with E-state index >= 15 is 0 Å². The van der Waals surface area contributed by atoms with E-state index in [9.17, 15) is 13.2 Å². The predicted molar refractivity (Wildman–Crippen MR) is 53.5 cm³/mol. The summed E-state index contributed by atoms with van der Waals surface area (Å²) < 4.78 is 37.2. The van der Waals surface area contributed by atoms with Gasteiger partial charge in [-0.2, -0.15) is 13.2 Å². The number of halogens is 3. The number of aliphatic imine (C=N–C) groups is 2. The SMILES string of the molecule is C=N/C(=N\C)c1nc(N)cc(C(F)(F)F)n1. The minimum absolute atomic E-state index is 0.0993. The maximum Gasteiger partial charge on any atom is 0.433 e. The predicted octanol–water partition coefficient (Wildman–Crippen LogP) is 1.15. The van der Waals surface area contributed by atoms with Crippen molar-refractivity contribution >= 4 is 18.4 Å². The molecular weight excluding hydrogens is 223 g/mol. The van der Waals surface area contributed by atoms with Crippen LogP contribution in [0.15, 0.2) is 16.1 Å². The van der Waals surface area contributed by atoms with E-state index < -0.39 is 11.9 Å². The van der Waals surface area contributed by atoms with Crippen LogP contribution in [0.4, 0.5) is 19.0 Å². The first-order valence-corrected chi connectivity index (χ1v) is 4.04. The molecule has 0 aromatic carbocycles. The third kappa shape index (κ3) is 2.53. The molecule has 0 bridgehead atoms. The Bertz CT molecular complexity index is 438. The Balaban J connectivity index is 3.34. The molecule has 86 valence electrons. The van der Waals surface area contributed by atoms with Crippen molar-refractivity contribution in [1.29, 1.82) is 0 Å². The molecule has 1 aromatic rings. The zero-order chi connectivity index (χ0) is 12.3. The first kappa shape index (κ1) is 12.1. The van der Waals surface area contributed by atoms with Crippen LogP contribution in [0, 0.1) is 0 Å². The number of nitrogen functional groups attached to an aromatic ring is 1. The molecule has 0 spiro atoms. The lowest BCUT2D eigenvalue weighted by Crippen LogP contribution is -2.15. The normalized spacial score (nSPS) is 12.6. The van der Waals surface area contributed by atoms with Crippen molar-refractivity contribution in [2.75, 3.05) is 12.8 Å². The molecule has 8 heteroatoms. The number of alkyl halides is 3. The van der Waals surface area contributed by atoms with Crippen molar-refractivity contribution in [2.24, 2.45) is 9.98 Å². The zero-order valence-electron chi connectivity index (χ0n) is 8.28. The first-order valence-electron chi connectivity index (χ1n) is 4.04. The van der Waals surface area contributed by atoms with E-state index in [1.165, 1.54) is 7.05 Å². The van der Waals surface area contributed by atoms with E-state index in [4.69, 9.17) is 5.73 Å². The summed E-state index contributed by atoms with van der Waals surface area (Å²) in [5.41, 5.74) is 4.10. The Hall–Kier alpha value is -1.99. The van der Waals surface area contributed by atoms with Crippen LogP contribution < -0.4 is 5.73 Å². The van der Waals surface area contributed by atoms with Crippen LogP contribution in [0.25, 0.3) is 0 Å². The average Bonchev–Trinajstić information content (AvgIpc) is 2.17. The summed E-state index contributed by atoms with van der Waals surface area (Å²) in [5, 5.41) is 0. The summed E-state index contributed by atoms with van der Waals surface area (Å²) in [5.74, 6) is -0.704. The molecule has 5 nitrogen and oxygen atoms in total. The molecule has 0 saturated carbocycles. The quantitative estimate of drug-likeness (QED) is 0.581. The van der Waals surface area contributed by atoms with Gasteiger partial charge < -0.3 is 5.73 Å². The minimum atomic E-state index is -4.59. The molecule has 0 saturated heterocycles. The molecule has 2 N–H and O–H groups in total. The van der Waals surface area contributed by atoms with Gasteiger partial charge in [0, 0.05) is 13.1 Å². The van der Waals surface area contributed by atoms with Crippen LogP contribution in [-0.2, 0) is 6.18 Å². The summed E-state index contributed by atoms with van der Waals surface area (Å²) in [4.78, 5) is 13.8.